The van der Waals surface area contributed by atoms with Crippen LogP contribution in [0.25, 0.3) is 0 Å². The highest BCUT2D eigenvalue weighted by atomic mass is 32.1. The number of nitrogens with zero attached hydrogens (tertiary/aromatic N) is 1. The van der Waals surface area contributed by atoms with Crippen molar-refractivity contribution < 1.29 is 9.53 Å². The Balaban J connectivity index is 2.14. The van der Waals surface area contributed by atoms with Gasteiger partial charge in [-0.25, -0.2) is 9.78 Å². The number of aromatic nitrogens is 1. The van der Waals surface area contributed by atoms with Crippen LogP contribution < -0.4 is 0 Å². The van der Waals surface area contributed by atoms with E-state index in [2.05, 4.69) is 18.8 Å². The van der Waals surface area contributed by atoms with Gasteiger partial charge in [0.2, 0.25) is 5.01 Å². The summed E-state index contributed by atoms with van der Waals surface area (Å²) in [6, 6.07) is 0. The smallest absolute Gasteiger partial charge is 0.367 e. The fourth-order valence-corrected chi connectivity index (χ4v) is 3.34. The van der Waals surface area contributed by atoms with Gasteiger partial charge in [-0.15, -0.1) is 11.3 Å². The van der Waals surface area contributed by atoms with Crippen LogP contribution in [0, 0.1) is 11.8 Å². The minimum Gasteiger partial charge on any atom is -0.461 e. The molecule has 2 rings (SSSR count). The molecule has 3 nitrogen and oxygen atoms in total. The summed E-state index contributed by atoms with van der Waals surface area (Å²) in [6.07, 6.45) is 3.27. The molecular weight excluding hydrogens is 234 g/mol. The van der Waals surface area contributed by atoms with Crippen LogP contribution in [0.4, 0.5) is 0 Å². The van der Waals surface area contributed by atoms with Crippen LogP contribution in [0.2, 0.25) is 0 Å². The second kappa shape index (κ2) is 5.17. The SMILES string of the molecule is CCOC(=O)c1nc2c(s1)CC(C(C)C)CC2. The maximum atomic E-state index is 11.6. The highest BCUT2D eigenvalue weighted by Crippen LogP contribution is 2.33. The number of esters is 1. The molecule has 0 N–H and O–H groups in total. The van der Waals surface area contributed by atoms with E-state index in [-0.39, 0.29) is 5.97 Å². The van der Waals surface area contributed by atoms with Crippen molar-refractivity contribution in [3.05, 3.63) is 15.6 Å². The zero-order valence-corrected chi connectivity index (χ0v) is 11.5. The Morgan fingerprint density at radius 2 is 2.35 bits per heavy atom. The largest absolute Gasteiger partial charge is 0.461 e. The third kappa shape index (κ3) is 2.68. The lowest BCUT2D eigenvalue weighted by Gasteiger charge is -2.24. The first-order valence-electron chi connectivity index (χ1n) is 6.27. The van der Waals surface area contributed by atoms with Crippen molar-refractivity contribution in [1.82, 2.24) is 4.98 Å². The number of hydrogen-bond donors (Lipinski definition) is 0. The molecule has 0 saturated heterocycles. The Hall–Kier alpha value is -0.900. The maximum absolute atomic E-state index is 11.6. The molecule has 0 aliphatic heterocycles. The van der Waals surface area contributed by atoms with Gasteiger partial charge in [-0.3, -0.25) is 0 Å². The second-order valence-corrected chi connectivity index (χ2v) is 5.94. The van der Waals surface area contributed by atoms with Crippen LogP contribution in [0.5, 0.6) is 0 Å². The normalized spacial score (nSPS) is 19.2. The van der Waals surface area contributed by atoms with Crippen LogP contribution in [0.1, 0.15) is 47.6 Å². The fourth-order valence-electron chi connectivity index (χ4n) is 2.25. The summed E-state index contributed by atoms with van der Waals surface area (Å²) in [5.74, 6) is 1.17. The van der Waals surface area contributed by atoms with Gasteiger partial charge >= 0.3 is 5.97 Å². The van der Waals surface area contributed by atoms with Gasteiger partial charge in [-0.1, -0.05) is 13.8 Å². The molecule has 0 aromatic carbocycles. The zero-order chi connectivity index (χ0) is 12.4. The second-order valence-electron chi connectivity index (χ2n) is 4.86. The Morgan fingerprint density at radius 3 is 3.00 bits per heavy atom. The number of hydrogen-bond acceptors (Lipinski definition) is 4. The van der Waals surface area contributed by atoms with Gasteiger partial charge in [-0.05, 0) is 38.0 Å². The van der Waals surface area contributed by atoms with Crippen LogP contribution in [0.3, 0.4) is 0 Å². The zero-order valence-electron chi connectivity index (χ0n) is 10.7. The van der Waals surface area contributed by atoms with E-state index >= 15 is 0 Å². The first-order valence-corrected chi connectivity index (χ1v) is 7.09. The monoisotopic (exact) mass is 253 g/mol. The first kappa shape index (κ1) is 12.6. The van der Waals surface area contributed by atoms with Crippen molar-refractivity contribution in [2.24, 2.45) is 11.8 Å². The average molecular weight is 253 g/mol. The molecule has 1 heterocycles. The lowest BCUT2D eigenvalue weighted by Crippen LogP contribution is -2.17. The van der Waals surface area contributed by atoms with Crippen molar-refractivity contribution in [1.29, 1.82) is 0 Å². The molecule has 0 saturated carbocycles. The summed E-state index contributed by atoms with van der Waals surface area (Å²) >= 11 is 1.52. The summed E-state index contributed by atoms with van der Waals surface area (Å²) in [5, 5.41) is 0.529. The van der Waals surface area contributed by atoms with Crippen molar-refractivity contribution in [2.75, 3.05) is 6.61 Å². The van der Waals surface area contributed by atoms with Gasteiger partial charge in [0.15, 0.2) is 0 Å². The van der Waals surface area contributed by atoms with Gasteiger partial charge in [-0.2, -0.15) is 0 Å². The fraction of sp³-hybridized carbons (Fsp3) is 0.692. The number of fused-ring (bicyclic) bond motifs is 1. The van der Waals surface area contributed by atoms with E-state index in [0.717, 1.165) is 24.5 Å². The molecule has 1 aromatic rings. The van der Waals surface area contributed by atoms with E-state index in [4.69, 9.17) is 4.74 Å². The maximum Gasteiger partial charge on any atom is 0.367 e. The Kier molecular flexibility index (Phi) is 3.82. The molecule has 94 valence electrons. The predicted molar refractivity (Wildman–Crippen MR) is 68.4 cm³/mol. The standard InChI is InChI=1S/C13H19NO2S/c1-4-16-13(15)12-14-10-6-5-9(8(2)3)7-11(10)17-12/h8-9H,4-7H2,1-3H3. The molecule has 0 radical (unpaired) electrons. The summed E-state index contributed by atoms with van der Waals surface area (Å²) in [7, 11) is 0. The molecule has 17 heavy (non-hydrogen) atoms. The highest BCUT2D eigenvalue weighted by molar-refractivity contribution is 7.13. The minimum atomic E-state index is -0.270. The van der Waals surface area contributed by atoms with Gasteiger partial charge in [0, 0.05) is 4.88 Å². The third-order valence-corrected chi connectivity index (χ3v) is 4.47. The summed E-state index contributed by atoms with van der Waals surface area (Å²) in [4.78, 5) is 17.3. The molecule has 0 bridgehead atoms. The molecule has 1 unspecified atom stereocenters. The summed E-state index contributed by atoms with van der Waals surface area (Å²) in [6.45, 7) is 6.77. The van der Waals surface area contributed by atoms with Gasteiger partial charge < -0.3 is 4.74 Å². The van der Waals surface area contributed by atoms with E-state index in [1.54, 1.807) is 0 Å². The third-order valence-electron chi connectivity index (χ3n) is 3.37. The van der Waals surface area contributed by atoms with Crippen molar-refractivity contribution in [3.8, 4) is 0 Å². The van der Waals surface area contributed by atoms with Crippen LogP contribution >= 0.6 is 11.3 Å². The van der Waals surface area contributed by atoms with E-state index in [1.807, 2.05) is 6.92 Å². The molecule has 1 aliphatic rings. The minimum absolute atomic E-state index is 0.270. The molecule has 1 aliphatic carbocycles. The number of ether oxygens (including phenoxy) is 1. The molecule has 0 fully saturated rings. The molecule has 4 heteroatoms. The summed E-state index contributed by atoms with van der Waals surface area (Å²) in [5.41, 5.74) is 1.12. The Morgan fingerprint density at radius 1 is 1.59 bits per heavy atom. The lowest BCUT2D eigenvalue weighted by atomic mass is 9.83. The van der Waals surface area contributed by atoms with Crippen LogP contribution in [-0.4, -0.2) is 17.6 Å². The van der Waals surface area contributed by atoms with Gasteiger partial charge in [0.25, 0.3) is 0 Å². The van der Waals surface area contributed by atoms with E-state index < -0.39 is 0 Å². The highest BCUT2D eigenvalue weighted by Gasteiger charge is 2.26. The van der Waals surface area contributed by atoms with Crippen molar-refractivity contribution in [2.45, 2.75) is 40.0 Å². The number of thiazole rings is 1. The molecule has 0 spiro atoms. The van der Waals surface area contributed by atoms with Gasteiger partial charge in [0.1, 0.15) is 0 Å². The molecule has 0 amide bonds. The molecule has 1 atom stereocenters. The first-order chi connectivity index (χ1) is 8.11. The van der Waals surface area contributed by atoms with E-state index in [0.29, 0.717) is 17.5 Å². The van der Waals surface area contributed by atoms with Crippen LogP contribution in [-0.2, 0) is 17.6 Å². The molecule has 1 aromatic heterocycles. The quantitative estimate of drug-likeness (QED) is 0.777. The topological polar surface area (TPSA) is 39.2 Å². The molecular formula is C13H19NO2S. The van der Waals surface area contributed by atoms with Gasteiger partial charge in [0.05, 0.1) is 12.3 Å². The van der Waals surface area contributed by atoms with E-state index in [1.165, 1.54) is 22.6 Å². The average Bonchev–Trinajstić information content (AvgIpc) is 2.71. The summed E-state index contributed by atoms with van der Waals surface area (Å²) < 4.78 is 4.99. The van der Waals surface area contributed by atoms with Crippen molar-refractivity contribution in [3.63, 3.8) is 0 Å². The predicted octanol–water partition coefficient (Wildman–Crippen LogP) is 3.08. The van der Waals surface area contributed by atoms with Crippen LogP contribution in [0.15, 0.2) is 0 Å². The number of aryl methyl sites for hydroxylation is 1. The number of rotatable bonds is 3. The Labute approximate surface area is 106 Å². The van der Waals surface area contributed by atoms with Crippen molar-refractivity contribution >= 4 is 17.3 Å². The number of carbonyl (C=O) groups excluding carboxylic acids is 1. The van der Waals surface area contributed by atoms with E-state index in [9.17, 15) is 4.79 Å². The number of carbonyl (C=O) groups is 1. The lowest BCUT2D eigenvalue weighted by molar-refractivity contribution is 0.0525. The Bertz CT molecular complexity index is 412.